The summed E-state index contributed by atoms with van der Waals surface area (Å²) in [5.41, 5.74) is 1.04. The van der Waals surface area contributed by atoms with E-state index in [2.05, 4.69) is 5.32 Å². The molecule has 0 aliphatic heterocycles. The topological polar surface area (TPSA) is 68.5 Å². The number of hydrogen-bond donors (Lipinski definition) is 1. The molecule has 128 valence electrons. The van der Waals surface area contributed by atoms with Crippen molar-refractivity contribution < 1.29 is 18.7 Å². The number of amides is 1. The minimum atomic E-state index is -0.600. The van der Waals surface area contributed by atoms with E-state index in [9.17, 15) is 9.59 Å². The maximum atomic E-state index is 12.0. The van der Waals surface area contributed by atoms with Crippen LogP contribution >= 0.6 is 23.2 Å². The fourth-order valence-corrected chi connectivity index (χ4v) is 2.83. The first-order valence-corrected chi connectivity index (χ1v) is 8.02. The Balaban J connectivity index is 1.91. The van der Waals surface area contributed by atoms with Gasteiger partial charge in [-0.3, -0.25) is 4.79 Å². The average Bonchev–Trinajstić information content (AvgIpc) is 2.83. The van der Waals surface area contributed by atoms with Crippen LogP contribution in [0.4, 0.5) is 0 Å². The van der Waals surface area contributed by atoms with Gasteiger partial charge in [-0.25, -0.2) is 4.79 Å². The summed E-state index contributed by atoms with van der Waals surface area (Å²) in [6.45, 7) is 4.78. The lowest BCUT2D eigenvalue weighted by Gasteiger charge is -2.16. The van der Waals surface area contributed by atoms with Crippen molar-refractivity contribution >= 4 is 35.1 Å². The third-order valence-electron chi connectivity index (χ3n) is 3.40. The van der Waals surface area contributed by atoms with Gasteiger partial charge < -0.3 is 14.5 Å². The molecule has 7 heteroatoms. The smallest absolute Gasteiger partial charge is 0.342 e. The van der Waals surface area contributed by atoms with Gasteiger partial charge in [0.2, 0.25) is 0 Å². The minimum Gasteiger partial charge on any atom is -0.466 e. The highest BCUT2D eigenvalue weighted by molar-refractivity contribution is 6.35. The Hall–Kier alpha value is -1.98. The molecule has 2 rings (SSSR count). The van der Waals surface area contributed by atoms with E-state index in [0.717, 1.165) is 5.56 Å². The van der Waals surface area contributed by atoms with Crippen LogP contribution in [0.25, 0.3) is 0 Å². The number of aryl methyl sites for hydroxylation is 2. The van der Waals surface area contributed by atoms with E-state index in [1.165, 1.54) is 0 Å². The number of rotatable bonds is 5. The van der Waals surface area contributed by atoms with Crippen LogP contribution in [0.1, 0.15) is 40.4 Å². The number of hydrogen-bond acceptors (Lipinski definition) is 4. The zero-order valence-corrected chi connectivity index (χ0v) is 15.0. The Kier molecular flexibility index (Phi) is 5.91. The average molecular weight is 370 g/mol. The van der Waals surface area contributed by atoms with Gasteiger partial charge in [0.1, 0.15) is 17.1 Å². The van der Waals surface area contributed by atoms with Crippen LogP contribution < -0.4 is 5.32 Å². The highest BCUT2D eigenvalue weighted by Crippen LogP contribution is 2.26. The number of benzene rings is 1. The predicted molar refractivity (Wildman–Crippen MR) is 91.5 cm³/mol. The van der Waals surface area contributed by atoms with Gasteiger partial charge >= 0.3 is 5.97 Å². The summed E-state index contributed by atoms with van der Waals surface area (Å²) in [5.74, 6) is 0.0329. The number of esters is 1. The highest BCUT2D eigenvalue weighted by Gasteiger charge is 2.18. The molecule has 1 atom stereocenters. The molecule has 1 amide bonds. The van der Waals surface area contributed by atoms with Crippen LogP contribution in [-0.2, 0) is 9.53 Å². The molecule has 0 spiro atoms. The lowest BCUT2D eigenvalue weighted by atomic mass is 10.1. The van der Waals surface area contributed by atoms with Gasteiger partial charge in [-0.05, 0) is 44.5 Å². The number of carbonyl (C=O) groups is 2. The molecule has 1 aromatic heterocycles. The molecular formula is C17H17Cl2NO4. The summed E-state index contributed by atoms with van der Waals surface area (Å²) < 4.78 is 10.3. The third-order valence-corrected chi connectivity index (χ3v) is 3.96. The summed E-state index contributed by atoms with van der Waals surface area (Å²) >= 11 is 12.0. The first kappa shape index (κ1) is 18.4. The van der Waals surface area contributed by atoms with Crippen molar-refractivity contribution in [1.29, 1.82) is 0 Å². The van der Waals surface area contributed by atoms with Crippen LogP contribution in [0.3, 0.4) is 0 Å². The van der Waals surface area contributed by atoms with Crippen LogP contribution in [0.5, 0.6) is 0 Å². The van der Waals surface area contributed by atoms with Crippen LogP contribution in [-0.4, -0.2) is 18.5 Å². The van der Waals surface area contributed by atoms with Gasteiger partial charge in [-0.1, -0.05) is 29.3 Å². The zero-order chi connectivity index (χ0) is 17.9. The van der Waals surface area contributed by atoms with Crippen molar-refractivity contribution in [3.63, 3.8) is 0 Å². The van der Waals surface area contributed by atoms with Crippen molar-refractivity contribution in [2.75, 3.05) is 6.61 Å². The van der Waals surface area contributed by atoms with E-state index in [-0.39, 0.29) is 6.04 Å². The van der Waals surface area contributed by atoms with E-state index >= 15 is 0 Å². The van der Waals surface area contributed by atoms with Gasteiger partial charge in [0, 0.05) is 10.0 Å². The fraction of sp³-hybridized carbons (Fsp3) is 0.294. The van der Waals surface area contributed by atoms with Gasteiger partial charge in [0.15, 0.2) is 6.61 Å². The first-order chi connectivity index (χ1) is 11.3. The molecule has 0 aliphatic carbocycles. The van der Waals surface area contributed by atoms with E-state index in [1.807, 2.05) is 0 Å². The molecule has 24 heavy (non-hydrogen) atoms. The van der Waals surface area contributed by atoms with Crippen molar-refractivity contribution in [1.82, 2.24) is 5.32 Å². The summed E-state index contributed by atoms with van der Waals surface area (Å²) in [5, 5.41) is 3.69. The molecule has 0 radical (unpaired) electrons. The SMILES string of the molecule is Cc1cc(C(=O)OCC(=O)N[C@@H](C)c2ccc(Cl)cc2Cl)c(C)o1. The standard InChI is InChI=1S/C17H17Cl2NO4/c1-9-6-14(11(3)24-9)17(22)23-8-16(21)20-10(2)13-5-4-12(18)7-15(13)19/h4-7,10H,8H2,1-3H3,(H,20,21)/t10-/m0/s1. The lowest BCUT2D eigenvalue weighted by Crippen LogP contribution is -2.31. The molecule has 0 saturated carbocycles. The fourth-order valence-electron chi connectivity index (χ4n) is 2.26. The van der Waals surface area contributed by atoms with Crippen molar-refractivity contribution in [2.24, 2.45) is 0 Å². The van der Waals surface area contributed by atoms with E-state index < -0.39 is 18.5 Å². The van der Waals surface area contributed by atoms with Crippen LogP contribution in [0, 0.1) is 13.8 Å². The Morgan fingerprint density at radius 1 is 1.25 bits per heavy atom. The molecule has 0 aliphatic rings. The molecule has 1 aromatic carbocycles. The van der Waals surface area contributed by atoms with E-state index in [1.54, 1.807) is 45.0 Å². The Bertz CT molecular complexity index is 770. The lowest BCUT2D eigenvalue weighted by molar-refractivity contribution is -0.124. The second kappa shape index (κ2) is 7.73. The monoisotopic (exact) mass is 369 g/mol. The molecule has 1 N–H and O–H groups in total. The summed E-state index contributed by atoms with van der Waals surface area (Å²) in [7, 11) is 0. The Morgan fingerprint density at radius 2 is 1.96 bits per heavy atom. The number of halogens is 2. The maximum Gasteiger partial charge on any atom is 0.342 e. The van der Waals surface area contributed by atoms with Gasteiger partial charge in [0.05, 0.1) is 6.04 Å². The van der Waals surface area contributed by atoms with Crippen LogP contribution in [0.15, 0.2) is 28.7 Å². The quantitative estimate of drug-likeness (QED) is 0.800. The molecule has 0 bridgehead atoms. The molecule has 0 unspecified atom stereocenters. The molecule has 5 nitrogen and oxygen atoms in total. The van der Waals surface area contributed by atoms with E-state index in [0.29, 0.717) is 27.1 Å². The van der Waals surface area contributed by atoms with Gasteiger partial charge in [-0.15, -0.1) is 0 Å². The van der Waals surface area contributed by atoms with E-state index in [4.69, 9.17) is 32.4 Å². The largest absolute Gasteiger partial charge is 0.466 e. The third kappa shape index (κ3) is 4.52. The summed E-state index contributed by atoms with van der Waals surface area (Å²) in [4.78, 5) is 23.9. The molecule has 1 heterocycles. The maximum absolute atomic E-state index is 12.0. The summed E-state index contributed by atoms with van der Waals surface area (Å²) in [6, 6.07) is 6.25. The second-order valence-electron chi connectivity index (χ2n) is 5.36. The Labute approximate surface area is 149 Å². The number of ether oxygens (including phenoxy) is 1. The van der Waals surface area contributed by atoms with Crippen molar-refractivity contribution in [2.45, 2.75) is 26.8 Å². The number of carbonyl (C=O) groups excluding carboxylic acids is 2. The number of nitrogens with one attached hydrogen (secondary N) is 1. The first-order valence-electron chi connectivity index (χ1n) is 7.26. The zero-order valence-electron chi connectivity index (χ0n) is 13.5. The van der Waals surface area contributed by atoms with Crippen LogP contribution in [0.2, 0.25) is 10.0 Å². The van der Waals surface area contributed by atoms with Gasteiger partial charge in [0.25, 0.3) is 5.91 Å². The molecule has 0 saturated heterocycles. The summed E-state index contributed by atoms with van der Waals surface area (Å²) in [6.07, 6.45) is 0. The highest BCUT2D eigenvalue weighted by atomic mass is 35.5. The normalized spacial score (nSPS) is 11.9. The molecule has 0 fully saturated rings. The molecule has 2 aromatic rings. The van der Waals surface area contributed by atoms with Crippen molar-refractivity contribution in [3.8, 4) is 0 Å². The number of furan rings is 1. The Morgan fingerprint density at radius 3 is 2.54 bits per heavy atom. The predicted octanol–water partition coefficient (Wildman–Crippen LogP) is 4.24. The second-order valence-corrected chi connectivity index (χ2v) is 6.20. The minimum absolute atomic E-state index is 0.314. The van der Waals surface area contributed by atoms with Crippen molar-refractivity contribution in [3.05, 3.63) is 57.0 Å². The molecular weight excluding hydrogens is 353 g/mol. The van der Waals surface area contributed by atoms with Gasteiger partial charge in [-0.2, -0.15) is 0 Å².